The molecule has 0 spiro atoms. The summed E-state index contributed by atoms with van der Waals surface area (Å²) in [6, 6.07) is 9.52. The Hall–Kier alpha value is -3.06. The zero-order valence-electron chi connectivity index (χ0n) is 15.9. The van der Waals surface area contributed by atoms with Crippen LogP contribution in [0.25, 0.3) is 21.3 Å². The molecule has 4 rings (SSSR count). The summed E-state index contributed by atoms with van der Waals surface area (Å²) in [5.41, 5.74) is 3.23. The molecule has 0 saturated heterocycles. The topological polar surface area (TPSA) is 76.9 Å². The number of pyridine rings is 2. The first-order valence-electron chi connectivity index (χ1n) is 9.22. The molecule has 0 aliphatic rings. The van der Waals surface area contributed by atoms with E-state index in [1.54, 1.807) is 18.3 Å². The maximum Gasteiger partial charge on any atom is 0.262 e. The summed E-state index contributed by atoms with van der Waals surface area (Å²) in [5, 5.41) is 3.74. The summed E-state index contributed by atoms with van der Waals surface area (Å²) in [6.07, 6.45) is 2.45. The van der Waals surface area contributed by atoms with E-state index in [2.05, 4.69) is 22.2 Å². The van der Waals surface area contributed by atoms with Gasteiger partial charge in [0.25, 0.3) is 5.91 Å². The van der Waals surface area contributed by atoms with Crippen LogP contribution in [-0.2, 0) is 13.0 Å². The summed E-state index contributed by atoms with van der Waals surface area (Å²) in [4.78, 5) is 34.8. The van der Waals surface area contributed by atoms with Crippen molar-refractivity contribution in [1.29, 1.82) is 0 Å². The molecule has 0 saturated carbocycles. The first-order chi connectivity index (χ1) is 13.5. The van der Waals surface area contributed by atoms with Crippen LogP contribution in [0, 0.1) is 6.92 Å². The highest BCUT2D eigenvalue weighted by Crippen LogP contribution is 2.28. The standard InChI is InChI=1S/C21H20N4O2S/c1-4-13-7-6-8-16-17(13)23-21(28-16)24-20(27)15-11-25(5-2)19-14(18(15)26)10-9-12(3)22-19/h6-11H,4-5H2,1-3H3,(H,23,24,27). The van der Waals surface area contributed by atoms with Gasteiger partial charge in [-0.1, -0.05) is 30.4 Å². The molecule has 4 aromatic rings. The maximum atomic E-state index is 12.9. The van der Waals surface area contributed by atoms with Crippen molar-refractivity contribution in [3.8, 4) is 0 Å². The number of hydrogen-bond donors (Lipinski definition) is 1. The zero-order valence-corrected chi connectivity index (χ0v) is 16.8. The van der Waals surface area contributed by atoms with Crippen LogP contribution >= 0.6 is 11.3 Å². The van der Waals surface area contributed by atoms with Crippen LogP contribution in [0.4, 0.5) is 5.13 Å². The van der Waals surface area contributed by atoms with Gasteiger partial charge in [-0.2, -0.15) is 0 Å². The van der Waals surface area contributed by atoms with Gasteiger partial charge in [0, 0.05) is 18.4 Å². The second-order valence-electron chi connectivity index (χ2n) is 6.57. The van der Waals surface area contributed by atoms with Gasteiger partial charge in [-0.3, -0.25) is 14.9 Å². The molecule has 0 unspecified atom stereocenters. The third kappa shape index (κ3) is 3.07. The fourth-order valence-corrected chi connectivity index (χ4v) is 4.18. The number of hydrogen-bond acceptors (Lipinski definition) is 5. The summed E-state index contributed by atoms with van der Waals surface area (Å²) >= 11 is 1.41. The Morgan fingerprint density at radius 3 is 2.75 bits per heavy atom. The number of carbonyl (C=O) groups excluding carboxylic acids is 1. The number of aromatic nitrogens is 3. The van der Waals surface area contributed by atoms with Gasteiger partial charge in [-0.25, -0.2) is 9.97 Å². The normalized spacial score (nSPS) is 11.2. The highest BCUT2D eigenvalue weighted by molar-refractivity contribution is 7.22. The molecule has 0 fully saturated rings. The van der Waals surface area contributed by atoms with E-state index in [0.717, 1.165) is 27.9 Å². The van der Waals surface area contributed by atoms with Crippen molar-refractivity contribution < 1.29 is 4.79 Å². The number of carbonyl (C=O) groups is 1. The van der Waals surface area contributed by atoms with Crippen molar-refractivity contribution in [2.45, 2.75) is 33.7 Å². The molecule has 0 atom stereocenters. The number of fused-ring (bicyclic) bond motifs is 2. The summed E-state index contributed by atoms with van der Waals surface area (Å²) in [5.74, 6) is -0.452. The highest BCUT2D eigenvalue weighted by atomic mass is 32.1. The van der Waals surface area contributed by atoms with Crippen molar-refractivity contribution in [2.24, 2.45) is 0 Å². The van der Waals surface area contributed by atoms with Crippen LogP contribution < -0.4 is 10.7 Å². The van der Waals surface area contributed by atoms with Crippen molar-refractivity contribution >= 4 is 43.6 Å². The zero-order chi connectivity index (χ0) is 19.8. The van der Waals surface area contributed by atoms with E-state index < -0.39 is 5.91 Å². The lowest BCUT2D eigenvalue weighted by Gasteiger charge is -2.11. The molecular weight excluding hydrogens is 372 g/mol. The Morgan fingerprint density at radius 1 is 1.18 bits per heavy atom. The number of anilines is 1. The molecule has 3 heterocycles. The van der Waals surface area contributed by atoms with E-state index in [9.17, 15) is 9.59 Å². The Bertz CT molecular complexity index is 1270. The minimum Gasteiger partial charge on any atom is -0.332 e. The average molecular weight is 392 g/mol. The van der Waals surface area contributed by atoms with Gasteiger partial charge in [0.1, 0.15) is 11.2 Å². The van der Waals surface area contributed by atoms with E-state index >= 15 is 0 Å². The van der Waals surface area contributed by atoms with Crippen LogP contribution in [0.15, 0.2) is 41.3 Å². The quantitative estimate of drug-likeness (QED) is 0.566. The number of benzene rings is 1. The maximum absolute atomic E-state index is 12.9. The third-order valence-electron chi connectivity index (χ3n) is 4.75. The molecule has 6 nitrogen and oxygen atoms in total. The van der Waals surface area contributed by atoms with Gasteiger partial charge >= 0.3 is 0 Å². The van der Waals surface area contributed by atoms with Gasteiger partial charge in [0.05, 0.1) is 15.6 Å². The predicted octanol–water partition coefficient (Wildman–Crippen LogP) is 4.15. The Morgan fingerprint density at radius 2 is 2.00 bits per heavy atom. The number of aryl methyl sites for hydroxylation is 3. The lowest BCUT2D eigenvalue weighted by Crippen LogP contribution is -2.24. The molecule has 1 amide bonds. The SMILES string of the molecule is CCc1cccc2sc(NC(=O)c3cn(CC)c4nc(C)ccc4c3=O)nc12. The van der Waals surface area contributed by atoms with Crippen LogP contribution in [0.1, 0.15) is 35.5 Å². The predicted molar refractivity (Wildman–Crippen MR) is 113 cm³/mol. The average Bonchev–Trinajstić information content (AvgIpc) is 3.10. The Labute approximate surface area is 165 Å². The Balaban J connectivity index is 1.76. The van der Waals surface area contributed by atoms with Crippen molar-refractivity contribution in [3.63, 3.8) is 0 Å². The van der Waals surface area contributed by atoms with Gasteiger partial charge in [-0.15, -0.1) is 0 Å². The largest absolute Gasteiger partial charge is 0.332 e. The molecule has 7 heteroatoms. The first-order valence-corrected chi connectivity index (χ1v) is 10.0. The molecule has 1 N–H and O–H groups in total. The lowest BCUT2D eigenvalue weighted by molar-refractivity contribution is 0.102. The number of rotatable bonds is 4. The van der Waals surface area contributed by atoms with Gasteiger partial charge in [-0.05, 0) is 44.0 Å². The lowest BCUT2D eigenvalue weighted by atomic mass is 10.1. The van der Waals surface area contributed by atoms with Crippen LogP contribution in [0.5, 0.6) is 0 Å². The van der Waals surface area contributed by atoms with E-state index in [1.165, 1.54) is 11.3 Å². The molecule has 142 valence electrons. The number of nitrogens with one attached hydrogen (secondary N) is 1. The van der Waals surface area contributed by atoms with E-state index in [0.29, 0.717) is 22.7 Å². The molecule has 3 aromatic heterocycles. The molecular formula is C21H20N4O2S. The minimum atomic E-state index is -0.452. The smallest absolute Gasteiger partial charge is 0.262 e. The summed E-state index contributed by atoms with van der Waals surface area (Å²) in [6.45, 7) is 6.51. The number of para-hydroxylation sites is 1. The highest BCUT2D eigenvalue weighted by Gasteiger charge is 2.18. The minimum absolute atomic E-state index is 0.0926. The number of thiazole rings is 1. The van der Waals surface area contributed by atoms with Crippen molar-refractivity contribution in [2.75, 3.05) is 5.32 Å². The third-order valence-corrected chi connectivity index (χ3v) is 5.69. The number of amides is 1. The second-order valence-corrected chi connectivity index (χ2v) is 7.60. The molecule has 0 aliphatic carbocycles. The fraction of sp³-hybridized carbons (Fsp3) is 0.238. The van der Waals surface area contributed by atoms with E-state index in [-0.39, 0.29) is 11.0 Å². The molecule has 28 heavy (non-hydrogen) atoms. The number of nitrogens with zero attached hydrogens (tertiary/aromatic N) is 3. The Kier molecular flexibility index (Phi) is 4.68. The van der Waals surface area contributed by atoms with Crippen LogP contribution in [0.2, 0.25) is 0 Å². The fourth-order valence-electron chi connectivity index (χ4n) is 3.27. The van der Waals surface area contributed by atoms with E-state index in [4.69, 9.17) is 0 Å². The van der Waals surface area contributed by atoms with E-state index in [1.807, 2.05) is 36.6 Å². The molecule has 0 bridgehead atoms. The van der Waals surface area contributed by atoms with Gasteiger partial charge in [0.15, 0.2) is 5.13 Å². The van der Waals surface area contributed by atoms with Gasteiger partial charge < -0.3 is 4.57 Å². The van der Waals surface area contributed by atoms with Crippen molar-refractivity contribution in [1.82, 2.24) is 14.5 Å². The second kappa shape index (κ2) is 7.16. The molecule has 1 aromatic carbocycles. The van der Waals surface area contributed by atoms with Gasteiger partial charge in [0.2, 0.25) is 5.43 Å². The molecule has 0 aliphatic heterocycles. The monoisotopic (exact) mass is 392 g/mol. The first kappa shape index (κ1) is 18.3. The molecule has 0 radical (unpaired) electrons. The van der Waals surface area contributed by atoms with Crippen LogP contribution in [0.3, 0.4) is 0 Å². The van der Waals surface area contributed by atoms with Crippen LogP contribution in [-0.4, -0.2) is 20.4 Å². The van der Waals surface area contributed by atoms with Crippen molar-refractivity contribution in [3.05, 3.63) is 63.6 Å². The summed E-state index contributed by atoms with van der Waals surface area (Å²) in [7, 11) is 0. The summed E-state index contributed by atoms with van der Waals surface area (Å²) < 4.78 is 2.84.